The van der Waals surface area contributed by atoms with Crippen molar-refractivity contribution in [3.8, 4) is 11.1 Å². The summed E-state index contributed by atoms with van der Waals surface area (Å²) in [6.07, 6.45) is 1.06. The largest absolute Gasteiger partial charge is 0.380 e. The van der Waals surface area contributed by atoms with Crippen molar-refractivity contribution in [1.29, 1.82) is 0 Å². The van der Waals surface area contributed by atoms with Crippen LogP contribution in [0.1, 0.15) is 47.4 Å². The van der Waals surface area contributed by atoms with Gasteiger partial charge in [0.05, 0.1) is 0 Å². The summed E-state index contributed by atoms with van der Waals surface area (Å²) < 4.78 is 0. The molecule has 2 fully saturated rings. The predicted molar refractivity (Wildman–Crippen MR) is 121 cm³/mol. The van der Waals surface area contributed by atoms with Crippen LogP contribution in [0.2, 0.25) is 0 Å². The van der Waals surface area contributed by atoms with Gasteiger partial charge >= 0.3 is 0 Å². The van der Waals surface area contributed by atoms with E-state index in [-0.39, 0.29) is 23.8 Å². The Bertz CT molecular complexity index is 1020. The van der Waals surface area contributed by atoms with Crippen molar-refractivity contribution >= 4 is 17.7 Å². The quantitative estimate of drug-likeness (QED) is 0.754. The van der Waals surface area contributed by atoms with Gasteiger partial charge in [-0.1, -0.05) is 24.3 Å². The Morgan fingerprint density at radius 1 is 0.875 bits per heavy atom. The van der Waals surface area contributed by atoms with Gasteiger partial charge in [0, 0.05) is 43.3 Å². The number of aliphatic hydroxyl groups is 1. The van der Waals surface area contributed by atoms with E-state index in [1.807, 2.05) is 44.2 Å². The van der Waals surface area contributed by atoms with Crippen LogP contribution in [0.4, 0.5) is 0 Å². The van der Waals surface area contributed by atoms with E-state index in [9.17, 15) is 19.5 Å². The van der Waals surface area contributed by atoms with Gasteiger partial charge in [-0.25, -0.2) is 0 Å². The highest BCUT2D eigenvalue weighted by Gasteiger charge is 2.50. The van der Waals surface area contributed by atoms with Crippen molar-refractivity contribution in [2.45, 2.75) is 38.3 Å². The van der Waals surface area contributed by atoms with Gasteiger partial charge in [-0.2, -0.15) is 0 Å². The Morgan fingerprint density at radius 3 is 2.09 bits per heavy atom. The predicted octanol–water partition coefficient (Wildman–Crippen LogP) is 2.30. The molecule has 7 nitrogen and oxygen atoms in total. The van der Waals surface area contributed by atoms with E-state index in [1.165, 1.54) is 0 Å². The molecule has 1 aliphatic carbocycles. The molecule has 0 unspecified atom stereocenters. The number of benzene rings is 2. The zero-order chi connectivity index (χ0) is 22.9. The van der Waals surface area contributed by atoms with Gasteiger partial charge in [-0.05, 0) is 62.1 Å². The smallest absolute Gasteiger partial charge is 0.254 e. The molecule has 1 saturated carbocycles. The van der Waals surface area contributed by atoms with Crippen LogP contribution in [-0.4, -0.2) is 70.4 Å². The second-order valence-corrected chi connectivity index (χ2v) is 8.90. The highest BCUT2D eigenvalue weighted by Crippen LogP contribution is 2.37. The minimum atomic E-state index is -1.16. The third kappa shape index (κ3) is 4.67. The maximum absolute atomic E-state index is 12.9. The van der Waals surface area contributed by atoms with Gasteiger partial charge in [-0.15, -0.1) is 0 Å². The molecule has 32 heavy (non-hydrogen) atoms. The van der Waals surface area contributed by atoms with Crippen molar-refractivity contribution < 1.29 is 19.5 Å². The molecule has 1 saturated heterocycles. The molecular weight excluding hydrogens is 406 g/mol. The maximum atomic E-state index is 12.9. The maximum Gasteiger partial charge on any atom is 0.254 e. The first-order valence-corrected chi connectivity index (χ1v) is 11.1. The number of hydrogen-bond acceptors (Lipinski definition) is 4. The molecule has 7 heteroatoms. The number of rotatable bonds is 5. The molecule has 0 spiro atoms. The van der Waals surface area contributed by atoms with Gasteiger partial charge in [0.15, 0.2) is 0 Å². The minimum absolute atomic E-state index is 0.0647. The molecule has 2 aromatic carbocycles. The number of piperazine rings is 1. The molecule has 1 aliphatic heterocycles. The lowest BCUT2D eigenvalue weighted by atomic mass is 10.0. The van der Waals surface area contributed by atoms with Crippen molar-refractivity contribution in [2.75, 3.05) is 26.2 Å². The van der Waals surface area contributed by atoms with Crippen LogP contribution in [0.5, 0.6) is 0 Å². The van der Waals surface area contributed by atoms with E-state index in [1.54, 1.807) is 28.0 Å². The van der Waals surface area contributed by atoms with E-state index in [2.05, 4.69) is 5.32 Å². The Balaban J connectivity index is 1.39. The van der Waals surface area contributed by atoms with Gasteiger partial charge in [0.1, 0.15) is 5.60 Å². The van der Waals surface area contributed by atoms with Crippen LogP contribution in [0, 0.1) is 0 Å². The minimum Gasteiger partial charge on any atom is -0.380 e. The average Bonchev–Trinajstić information content (AvgIpc) is 3.56. The standard InChI is InChI=1S/C25H29N3O4/c1-17(2)26-22(29)21-5-3-4-20(16-21)18-6-8-19(9-7-18)23(30)27-12-14-28(15-13-27)24(31)25(32)10-11-25/h3-9,16-17,32H,10-15H2,1-2H3,(H,26,29). The van der Waals surface area contributed by atoms with Crippen LogP contribution in [0.25, 0.3) is 11.1 Å². The summed E-state index contributed by atoms with van der Waals surface area (Å²) in [5.74, 6) is -0.392. The summed E-state index contributed by atoms with van der Waals surface area (Å²) in [4.78, 5) is 40.8. The van der Waals surface area contributed by atoms with Crippen LogP contribution in [0.3, 0.4) is 0 Å². The number of carbonyl (C=O) groups is 3. The van der Waals surface area contributed by atoms with Crippen molar-refractivity contribution in [3.63, 3.8) is 0 Å². The second kappa shape index (κ2) is 8.74. The van der Waals surface area contributed by atoms with E-state index >= 15 is 0 Å². The fourth-order valence-electron chi connectivity index (χ4n) is 3.91. The summed E-state index contributed by atoms with van der Waals surface area (Å²) in [5.41, 5.74) is 1.86. The highest BCUT2D eigenvalue weighted by molar-refractivity contribution is 5.96. The molecule has 0 radical (unpaired) electrons. The molecule has 4 rings (SSSR count). The van der Waals surface area contributed by atoms with Crippen LogP contribution in [0.15, 0.2) is 48.5 Å². The van der Waals surface area contributed by atoms with Crippen molar-refractivity contribution in [2.24, 2.45) is 0 Å². The lowest BCUT2D eigenvalue weighted by molar-refractivity contribution is -0.143. The first kappa shape index (κ1) is 22.0. The first-order chi connectivity index (χ1) is 15.3. The topological polar surface area (TPSA) is 90.0 Å². The summed E-state index contributed by atoms with van der Waals surface area (Å²) in [6.45, 7) is 5.63. The third-order valence-corrected chi connectivity index (χ3v) is 5.99. The number of nitrogens with zero attached hydrogens (tertiary/aromatic N) is 2. The molecule has 2 N–H and O–H groups in total. The van der Waals surface area contributed by atoms with E-state index < -0.39 is 5.60 Å². The Hall–Kier alpha value is -3.19. The summed E-state index contributed by atoms with van der Waals surface area (Å²) in [7, 11) is 0. The molecule has 168 valence electrons. The summed E-state index contributed by atoms with van der Waals surface area (Å²) in [5, 5.41) is 12.9. The number of nitrogens with one attached hydrogen (secondary N) is 1. The highest BCUT2D eigenvalue weighted by atomic mass is 16.3. The van der Waals surface area contributed by atoms with Crippen LogP contribution >= 0.6 is 0 Å². The second-order valence-electron chi connectivity index (χ2n) is 8.90. The molecule has 0 atom stereocenters. The Kier molecular flexibility index (Phi) is 6.02. The van der Waals surface area contributed by atoms with Crippen LogP contribution < -0.4 is 5.32 Å². The molecule has 3 amide bonds. The van der Waals surface area contributed by atoms with Gasteiger partial charge < -0.3 is 20.2 Å². The van der Waals surface area contributed by atoms with Crippen molar-refractivity contribution in [1.82, 2.24) is 15.1 Å². The molecule has 0 bridgehead atoms. The lowest BCUT2D eigenvalue weighted by Gasteiger charge is -2.35. The third-order valence-electron chi connectivity index (χ3n) is 5.99. The van der Waals surface area contributed by atoms with E-state index in [0.717, 1.165) is 11.1 Å². The van der Waals surface area contributed by atoms with Crippen LogP contribution in [-0.2, 0) is 4.79 Å². The van der Waals surface area contributed by atoms with Gasteiger partial charge in [0.2, 0.25) is 0 Å². The average molecular weight is 436 g/mol. The molecule has 0 aromatic heterocycles. The monoisotopic (exact) mass is 435 g/mol. The van der Waals surface area contributed by atoms with E-state index in [0.29, 0.717) is 50.1 Å². The molecular formula is C25H29N3O4. The molecule has 2 aromatic rings. The fraction of sp³-hybridized carbons (Fsp3) is 0.400. The number of amides is 3. The fourth-order valence-corrected chi connectivity index (χ4v) is 3.91. The number of hydrogen-bond donors (Lipinski definition) is 2. The Morgan fingerprint density at radius 2 is 1.50 bits per heavy atom. The Labute approximate surface area is 188 Å². The zero-order valence-electron chi connectivity index (χ0n) is 18.5. The van der Waals surface area contributed by atoms with E-state index in [4.69, 9.17) is 0 Å². The van der Waals surface area contributed by atoms with Gasteiger partial charge in [-0.3, -0.25) is 14.4 Å². The normalized spacial score (nSPS) is 17.2. The lowest BCUT2D eigenvalue weighted by Crippen LogP contribution is -2.53. The first-order valence-electron chi connectivity index (χ1n) is 11.1. The SMILES string of the molecule is CC(C)NC(=O)c1cccc(-c2ccc(C(=O)N3CCN(C(=O)C4(O)CC4)CC3)cc2)c1. The zero-order valence-corrected chi connectivity index (χ0v) is 18.5. The molecule has 1 heterocycles. The summed E-state index contributed by atoms with van der Waals surface area (Å²) >= 11 is 0. The molecule has 2 aliphatic rings. The number of carbonyl (C=O) groups excluding carboxylic acids is 3. The van der Waals surface area contributed by atoms with Gasteiger partial charge in [0.25, 0.3) is 17.7 Å². The van der Waals surface area contributed by atoms with Crippen molar-refractivity contribution in [3.05, 3.63) is 59.7 Å². The summed E-state index contributed by atoms with van der Waals surface area (Å²) in [6, 6.07) is 14.8.